The van der Waals surface area contributed by atoms with Crippen LogP contribution in [-0.2, 0) is 4.79 Å². The summed E-state index contributed by atoms with van der Waals surface area (Å²) in [6, 6.07) is -0.526. The number of hydrogen-bond acceptors (Lipinski definition) is 2. The van der Waals surface area contributed by atoms with Gasteiger partial charge in [-0.2, -0.15) is 0 Å². The molecule has 1 rings (SSSR count). The molecule has 0 aromatic rings. The van der Waals surface area contributed by atoms with E-state index in [1.54, 1.807) is 7.05 Å². The first-order chi connectivity index (χ1) is 8.27. The van der Waals surface area contributed by atoms with Crippen molar-refractivity contribution in [2.45, 2.75) is 52.6 Å². The number of nitrogens with zero attached hydrogens (tertiary/aromatic N) is 1. The zero-order valence-corrected chi connectivity index (χ0v) is 12.0. The van der Waals surface area contributed by atoms with Gasteiger partial charge in [-0.1, -0.05) is 20.8 Å². The monoisotopic (exact) mass is 255 g/mol. The van der Waals surface area contributed by atoms with Crippen LogP contribution in [0.5, 0.6) is 0 Å². The molecule has 1 heterocycles. The highest BCUT2D eigenvalue weighted by Crippen LogP contribution is 2.25. The van der Waals surface area contributed by atoms with Crippen molar-refractivity contribution in [3.63, 3.8) is 0 Å². The van der Waals surface area contributed by atoms with Gasteiger partial charge in [0.25, 0.3) is 0 Å². The van der Waals surface area contributed by atoms with Gasteiger partial charge in [-0.15, -0.1) is 0 Å². The van der Waals surface area contributed by atoms with Crippen molar-refractivity contribution in [2.75, 3.05) is 13.6 Å². The lowest BCUT2D eigenvalue weighted by Crippen LogP contribution is -2.56. The minimum absolute atomic E-state index is 0.0242. The zero-order valence-electron chi connectivity index (χ0n) is 12.0. The first-order valence-electron chi connectivity index (χ1n) is 6.56. The van der Waals surface area contributed by atoms with Gasteiger partial charge in [-0.25, -0.2) is 4.79 Å². The number of rotatable bonds is 2. The van der Waals surface area contributed by atoms with E-state index in [0.717, 1.165) is 19.4 Å². The first kappa shape index (κ1) is 14.8. The Hall–Kier alpha value is -1.26. The van der Waals surface area contributed by atoms with Gasteiger partial charge in [0, 0.05) is 19.6 Å². The predicted molar refractivity (Wildman–Crippen MR) is 71.2 cm³/mol. The highest BCUT2D eigenvalue weighted by atomic mass is 16.2. The van der Waals surface area contributed by atoms with Crippen LogP contribution in [0.1, 0.15) is 40.5 Å². The van der Waals surface area contributed by atoms with Crippen LogP contribution in [0, 0.1) is 5.41 Å². The van der Waals surface area contributed by atoms with Gasteiger partial charge in [-0.05, 0) is 25.2 Å². The molecule has 104 valence electrons. The van der Waals surface area contributed by atoms with Crippen molar-refractivity contribution in [1.29, 1.82) is 0 Å². The third kappa shape index (κ3) is 3.37. The van der Waals surface area contributed by atoms with Crippen molar-refractivity contribution in [1.82, 2.24) is 15.5 Å². The summed E-state index contributed by atoms with van der Waals surface area (Å²) in [7, 11) is 1.55. The van der Waals surface area contributed by atoms with Gasteiger partial charge >= 0.3 is 6.03 Å². The molecule has 0 radical (unpaired) electrons. The van der Waals surface area contributed by atoms with Crippen LogP contribution in [0.25, 0.3) is 0 Å². The maximum atomic E-state index is 12.5. The topological polar surface area (TPSA) is 61.4 Å². The fraction of sp³-hybridized carbons (Fsp3) is 0.846. The Labute approximate surface area is 109 Å². The van der Waals surface area contributed by atoms with Crippen molar-refractivity contribution < 1.29 is 9.59 Å². The minimum Gasteiger partial charge on any atom is -0.341 e. The highest BCUT2D eigenvalue weighted by molar-refractivity contribution is 5.88. The van der Waals surface area contributed by atoms with Crippen LogP contribution < -0.4 is 10.6 Å². The molecule has 0 aromatic carbocycles. The number of nitrogens with one attached hydrogen (secondary N) is 2. The van der Waals surface area contributed by atoms with Crippen molar-refractivity contribution >= 4 is 11.9 Å². The normalized spacial score (nSPS) is 21.6. The van der Waals surface area contributed by atoms with E-state index in [4.69, 9.17) is 0 Å². The SMILES string of the molecule is CNC(=O)NC(C(=O)N1CCCC1C)C(C)(C)C. The lowest BCUT2D eigenvalue weighted by molar-refractivity contribution is -0.136. The number of carbonyl (C=O) groups excluding carboxylic acids is 2. The summed E-state index contributed by atoms with van der Waals surface area (Å²) < 4.78 is 0. The molecule has 0 spiro atoms. The van der Waals surface area contributed by atoms with Crippen LogP contribution in [0.4, 0.5) is 4.79 Å². The molecule has 0 saturated carbocycles. The second-order valence-corrected chi connectivity index (χ2v) is 6.05. The maximum absolute atomic E-state index is 12.5. The maximum Gasteiger partial charge on any atom is 0.315 e. The molecule has 1 aliphatic rings. The average Bonchev–Trinajstić information content (AvgIpc) is 2.69. The molecule has 0 aliphatic carbocycles. The van der Waals surface area contributed by atoms with Crippen LogP contribution in [-0.4, -0.2) is 42.5 Å². The third-order valence-corrected chi connectivity index (χ3v) is 3.45. The second-order valence-electron chi connectivity index (χ2n) is 6.05. The Morgan fingerprint density at radius 3 is 2.33 bits per heavy atom. The Kier molecular flexibility index (Phi) is 4.59. The van der Waals surface area contributed by atoms with Gasteiger partial charge in [0.05, 0.1) is 0 Å². The number of carbonyl (C=O) groups is 2. The van der Waals surface area contributed by atoms with Crippen LogP contribution in [0.15, 0.2) is 0 Å². The second kappa shape index (κ2) is 5.59. The average molecular weight is 255 g/mol. The van der Waals surface area contributed by atoms with E-state index in [1.807, 2.05) is 25.7 Å². The lowest BCUT2D eigenvalue weighted by Gasteiger charge is -2.34. The summed E-state index contributed by atoms with van der Waals surface area (Å²) in [5.74, 6) is 0.0242. The molecule has 3 amide bonds. The van der Waals surface area contributed by atoms with Gasteiger partial charge in [0.2, 0.25) is 5.91 Å². The van der Waals surface area contributed by atoms with E-state index >= 15 is 0 Å². The van der Waals surface area contributed by atoms with Crippen molar-refractivity contribution in [2.24, 2.45) is 5.41 Å². The number of hydrogen-bond donors (Lipinski definition) is 2. The molecular formula is C13H25N3O2. The standard InChI is InChI=1S/C13H25N3O2/c1-9-7-6-8-16(9)11(17)10(13(2,3)4)15-12(18)14-5/h9-10H,6-8H2,1-5H3,(H2,14,15,18). The molecule has 2 atom stereocenters. The van der Waals surface area contributed by atoms with E-state index in [0.29, 0.717) is 0 Å². The molecule has 5 heteroatoms. The molecule has 2 N–H and O–H groups in total. The molecule has 1 fully saturated rings. The highest BCUT2D eigenvalue weighted by Gasteiger charge is 2.38. The smallest absolute Gasteiger partial charge is 0.315 e. The molecule has 0 bridgehead atoms. The van der Waals surface area contributed by atoms with Crippen molar-refractivity contribution in [3.05, 3.63) is 0 Å². The fourth-order valence-electron chi connectivity index (χ4n) is 2.28. The molecule has 1 aliphatic heterocycles. The first-order valence-corrected chi connectivity index (χ1v) is 6.56. The fourth-order valence-corrected chi connectivity index (χ4v) is 2.28. The molecule has 18 heavy (non-hydrogen) atoms. The molecule has 1 saturated heterocycles. The van der Waals surface area contributed by atoms with Crippen LogP contribution in [0.3, 0.4) is 0 Å². The van der Waals surface area contributed by atoms with Gasteiger partial charge in [-0.3, -0.25) is 4.79 Å². The quantitative estimate of drug-likeness (QED) is 0.782. The summed E-state index contributed by atoms with van der Waals surface area (Å²) in [5.41, 5.74) is -0.300. The van der Waals surface area contributed by atoms with Crippen LogP contribution >= 0.6 is 0 Å². The zero-order chi connectivity index (χ0) is 13.9. The number of urea groups is 1. The molecule has 5 nitrogen and oxygen atoms in total. The largest absolute Gasteiger partial charge is 0.341 e. The minimum atomic E-state index is -0.488. The summed E-state index contributed by atoms with van der Waals surface area (Å²) in [4.78, 5) is 25.9. The third-order valence-electron chi connectivity index (χ3n) is 3.45. The van der Waals surface area contributed by atoms with E-state index in [-0.39, 0.29) is 23.4 Å². The van der Waals surface area contributed by atoms with Gasteiger partial charge < -0.3 is 15.5 Å². The molecule has 0 aromatic heterocycles. The number of likely N-dealkylation sites (tertiary alicyclic amines) is 1. The van der Waals surface area contributed by atoms with Gasteiger partial charge in [0.1, 0.15) is 6.04 Å². The Balaban J connectivity index is 2.82. The molecule has 2 unspecified atom stereocenters. The molecular weight excluding hydrogens is 230 g/mol. The Morgan fingerprint density at radius 2 is 1.94 bits per heavy atom. The van der Waals surface area contributed by atoms with Crippen LogP contribution in [0.2, 0.25) is 0 Å². The van der Waals surface area contributed by atoms with E-state index in [1.165, 1.54) is 0 Å². The van der Waals surface area contributed by atoms with E-state index in [2.05, 4.69) is 17.6 Å². The predicted octanol–water partition coefficient (Wildman–Crippen LogP) is 1.34. The van der Waals surface area contributed by atoms with E-state index < -0.39 is 6.04 Å². The van der Waals surface area contributed by atoms with E-state index in [9.17, 15) is 9.59 Å². The Bertz CT molecular complexity index is 323. The summed E-state index contributed by atoms with van der Waals surface area (Å²) in [6.07, 6.45) is 2.09. The Morgan fingerprint density at radius 1 is 1.33 bits per heavy atom. The summed E-state index contributed by atoms with van der Waals surface area (Å²) in [5, 5.41) is 5.27. The van der Waals surface area contributed by atoms with Crippen molar-refractivity contribution in [3.8, 4) is 0 Å². The summed E-state index contributed by atoms with van der Waals surface area (Å²) >= 11 is 0. The van der Waals surface area contributed by atoms with Gasteiger partial charge in [0.15, 0.2) is 0 Å². The summed E-state index contributed by atoms with van der Waals surface area (Å²) in [6.45, 7) is 8.75. The lowest BCUT2D eigenvalue weighted by atomic mass is 9.85. The number of amides is 3.